The fraction of sp³-hybridized carbons (Fsp3) is 0.250. The molecule has 0 aliphatic carbocycles. The van der Waals surface area contributed by atoms with Gasteiger partial charge in [-0.1, -0.05) is 41.9 Å². The number of nitro groups is 1. The van der Waals surface area contributed by atoms with Crippen LogP contribution >= 0.6 is 11.6 Å². The summed E-state index contributed by atoms with van der Waals surface area (Å²) in [6.07, 6.45) is 1.98. The van der Waals surface area contributed by atoms with Crippen molar-refractivity contribution in [1.29, 1.82) is 0 Å². The van der Waals surface area contributed by atoms with E-state index in [0.29, 0.717) is 17.1 Å². The van der Waals surface area contributed by atoms with Crippen LogP contribution in [0.3, 0.4) is 0 Å². The maximum atomic E-state index is 10.9. The third-order valence-electron chi connectivity index (χ3n) is 3.22. The van der Waals surface area contributed by atoms with Gasteiger partial charge in [-0.05, 0) is 37.1 Å². The van der Waals surface area contributed by atoms with Crippen molar-refractivity contribution in [3.05, 3.63) is 74.8 Å². The van der Waals surface area contributed by atoms with Crippen molar-refractivity contribution < 1.29 is 4.92 Å². The molecule has 21 heavy (non-hydrogen) atoms. The molecule has 1 N–H and O–H groups in total. The molecular weight excluding hydrogens is 288 g/mol. The van der Waals surface area contributed by atoms with Crippen LogP contribution in [0.15, 0.2) is 48.5 Å². The summed E-state index contributed by atoms with van der Waals surface area (Å²) >= 11 is 5.89. The summed E-state index contributed by atoms with van der Waals surface area (Å²) in [4.78, 5) is 10.6. The fourth-order valence-electron chi connectivity index (χ4n) is 2.16. The van der Waals surface area contributed by atoms with Crippen LogP contribution in [0.25, 0.3) is 0 Å². The van der Waals surface area contributed by atoms with Gasteiger partial charge in [-0.25, -0.2) is 0 Å². The highest BCUT2D eigenvalue weighted by Gasteiger charge is 2.13. The number of benzene rings is 2. The highest BCUT2D eigenvalue weighted by atomic mass is 35.5. The average Bonchev–Trinajstić information content (AvgIpc) is 2.48. The van der Waals surface area contributed by atoms with E-state index < -0.39 is 0 Å². The highest BCUT2D eigenvalue weighted by molar-refractivity contribution is 6.30. The van der Waals surface area contributed by atoms with Gasteiger partial charge in [0.2, 0.25) is 0 Å². The molecule has 0 aliphatic heterocycles. The number of hydrogen-bond acceptors (Lipinski definition) is 3. The van der Waals surface area contributed by atoms with E-state index >= 15 is 0 Å². The molecule has 5 heteroatoms. The average molecular weight is 305 g/mol. The molecule has 4 nitrogen and oxygen atoms in total. The Hall–Kier alpha value is -1.91. The molecule has 0 saturated carbocycles. The van der Waals surface area contributed by atoms with E-state index in [9.17, 15) is 10.1 Å². The number of aryl methyl sites for hydroxylation is 1. The minimum absolute atomic E-state index is 0.106. The molecule has 0 bridgehead atoms. The third-order valence-corrected chi connectivity index (χ3v) is 3.45. The maximum Gasteiger partial charge on any atom is 0.273 e. The van der Waals surface area contributed by atoms with Gasteiger partial charge in [0.15, 0.2) is 0 Å². The summed E-state index contributed by atoms with van der Waals surface area (Å²) in [6.45, 7) is 1.25. The van der Waals surface area contributed by atoms with E-state index in [4.69, 9.17) is 11.6 Å². The maximum absolute atomic E-state index is 10.9. The molecule has 0 heterocycles. The Balaban J connectivity index is 1.81. The van der Waals surface area contributed by atoms with E-state index in [-0.39, 0.29) is 10.6 Å². The van der Waals surface area contributed by atoms with Crippen molar-refractivity contribution >= 4 is 17.3 Å². The van der Waals surface area contributed by atoms with Crippen LogP contribution in [0.1, 0.15) is 17.5 Å². The van der Waals surface area contributed by atoms with Crippen LogP contribution in [0.4, 0.5) is 5.69 Å². The number of hydrogen-bond donors (Lipinski definition) is 1. The van der Waals surface area contributed by atoms with Crippen LogP contribution in [-0.4, -0.2) is 11.5 Å². The van der Waals surface area contributed by atoms with Crippen molar-refractivity contribution in [2.45, 2.75) is 19.4 Å². The van der Waals surface area contributed by atoms with Gasteiger partial charge in [-0.15, -0.1) is 0 Å². The van der Waals surface area contributed by atoms with Crippen molar-refractivity contribution in [3.63, 3.8) is 0 Å². The predicted octanol–water partition coefficient (Wildman–Crippen LogP) is 3.97. The summed E-state index contributed by atoms with van der Waals surface area (Å²) in [6, 6.07) is 14.9. The summed E-state index contributed by atoms with van der Waals surface area (Å²) < 4.78 is 0. The molecule has 0 spiro atoms. The van der Waals surface area contributed by atoms with Gasteiger partial charge in [0.1, 0.15) is 0 Å². The first-order chi connectivity index (χ1) is 10.2. The van der Waals surface area contributed by atoms with Crippen LogP contribution in [-0.2, 0) is 13.0 Å². The van der Waals surface area contributed by atoms with E-state index in [1.54, 1.807) is 12.1 Å². The van der Waals surface area contributed by atoms with Crippen molar-refractivity contribution in [1.82, 2.24) is 5.32 Å². The van der Waals surface area contributed by atoms with Crippen LogP contribution in [0.2, 0.25) is 5.02 Å². The molecule has 0 unspecified atom stereocenters. The second-order valence-corrected chi connectivity index (χ2v) is 5.23. The molecule has 2 aromatic rings. The van der Waals surface area contributed by atoms with E-state index in [2.05, 4.69) is 17.4 Å². The Morgan fingerprint density at radius 2 is 1.90 bits per heavy atom. The topological polar surface area (TPSA) is 55.2 Å². The first kappa shape index (κ1) is 15.5. The first-order valence-corrected chi connectivity index (χ1v) is 7.22. The van der Waals surface area contributed by atoms with Crippen LogP contribution in [0.5, 0.6) is 0 Å². The van der Waals surface area contributed by atoms with E-state index in [1.165, 1.54) is 11.6 Å². The number of nitrogens with one attached hydrogen (secondary N) is 1. The zero-order chi connectivity index (χ0) is 15.1. The Kier molecular flexibility index (Phi) is 5.72. The van der Waals surface area contributed by atoms with Crippen molar-refractivity contribution in [2.75, 3.05) is 6.54 Å². The second-order valence-electron chi connectivity index (χ2n) is 4.80. The van der Waals surface area contributed by atoms with Crippen LogP contribution < -0.4 is 5.32 Å². The zero-order valence-corrected chi connectivity index (χ0v) is 12.3. The lowest BCUT2D eigenvalue weighted by molar-refractivity contribution is -0.385. The third kappa shape index (κ3) is 4.85. The number of nitro benzene ring substituents is 1. The van der Waals surface area contributed by atoms with Crippen molar-refractivity contribution in [3.8, 4) is 0 Å². The Labute approximate surface area is 128 Å². The number of nitrogens with zero attached hydrogens (tertiary/aromatic N) is 1. The summed E-state index contributed by atoms with van der Waals surface area (Å²) in [7, 11) is 0. The van der Waals surface area contributed by atoms with Gasteiger partial charge < -0.3 is 5.32 Å². The first-order valence-electron chi connectivity index (χ1n) is 6.84. The van der Waals surface area contributed by atoms with Gasteiger partial charge in [0.25, 0.3) is 5.69 Å². The molecule has 2 rings (SSSR count). The van der Waals surface area contributed by atoms with Gasteiger partial charge >= 0.3 is 0 Å². The molecule has 0 aliphatic rings. The molecule has 0 amide bonds. The summed E-state index contributed by atoms with van der Waals surface area (Å²) in [5, 5.41) is 14.7. The lowest BCUT2D eigenvalue weighted by Crippen LogP contribution is -2.16. The highest BCUT2D eigenvalue weighted by Crippen LogP contribution is 2.22. The van der Waals surface area contributed by atoms with Gasteiger partial charge in [0, 0.05) is 23.2 Å². The zero-order valence-electron chi connectivity index (χ0n) is 11.6. The fourth-order valence-corrected chi connectivity index (χ4v) is 2.35. The lowest BCUT2D eigenvalue weighted by Gasteiger charge is -2.06. The Bertz CT molecular complexity index is 602. The minimum Gasteiger partial charge on any atom is -0.312 e. The van der Waals surface area contributed by atoms with E-state index in [1.807, 2.05) is 18.2 Å². The number of rotatable bonds is 7. The number of halogens is 1. The molecule has 110 valence electrons. The predicted molar refractivity (Wildman–Crippen MR) is 84.6 cm³/mol. The summed E-state index contributed by atoms with van der Waals surface area (Å²) in [5.74, 6) is 0. The monoisotopic (exact) mass is 304 g/mol. The molecule has 2 aromatic carbocycles. The standard InChI is InChI=1S/C16H17ClN2O2/c17-15-8-9-16(19(20)21)14(11-15)12-18-10-4-7-13-5-2-1-3-6-13/h1-3,5-6,8-9,11,18H,4,7,10,12H2. The summed E-state index contributed by atoms with van der Waals surface area (Å²) in [5.41, 5.74) is 2.02. The normalized spacial score (nSPS) is 10.5. The Morgan fingerprint density at radius 1 is 1.14 bits per heavy atom. The smallest absolute Gasteiger partial charge is 0.273 e. The van der Waals surface area contributed by atoms with Crippen molar-refractivity contribution in [2.24, 2.45) is 0 Å². The minimum atomic E-state index is -0.378. The molecule has 0 aromatic heterocycles. The SMILES string of the molecule is O=[N+]([O-])c1ccc(Cl)cc1CNCCCc1ccccc1. The van der Waals surface area contributed by atoms with Gasteiger partial charge in [-0.3, -0.25) is 10.1 Å². The van der Waals surface area contributed by atoms with E-state index in [0.717, 1.165) is 19.4 Å². The quantitative estimate of drug-likeness (QED) is 0.478. The second kappa shape index (κ2) is 7.76. The molecule has 0 saturated heterocycles. The van der Waals surface area contributed by atoms with Gasteiger partial charge in [0.05, 0.1) is 4.92 Å². The van der Waals surface area contributed by atoms with Crippen LogP contribution in [0, 0.1) is 10.1 Å². The molecule has 0 fully saturated rings. The van der Waals surface area contributed by atoms with Gasteiger partial charge in [-0.2, -0.15) is 0 Å². The lowest BCUT2D eigenvalue weighted by atomic mass is 10.1. The molecule has 0 atom stereocenters. The Morgan fingerprint density at radius 3 is 2.62 bits per heavy atom. The largest absolute Gasteiger partial charge is 0.312 e. The molecule has 0 radical (unpaired) electrons. The molecular formula is C16H17ClN2O2.